The first-order valence-corrected chi connectivity index (χ1v) is 11.8. The molecule has 1 saturated heterocycles. The van der Waals surface area contributed by atoms with Crippen LogP contribution in [0.15, 0.2) is 78.4 Å². The van der Waals surface area contributed by atoms with Crippen LogP contribution in [0.5, 0.6) is 11.5 Å². The lowest BCUT2D eigenvalue weighted by molar-refractivity contribution is -0.132. The number of anilines is 1. The van der Waals surface area contributed by atoms with Crippen molar-refractivity contribution in [3.8, 4) is 11.5 Å². The molecule has 6 heteroatoms. The largest absolute Gasteiger partial charge is 0.507 e. The van der Waals surface area contributed by atoms with Crippen LogP contribution in [0.25, 0.3) is 5.76 Å². The molecule has 35 heavy (non-hydrogen) atoms. The summed E-state index contributed by atoms with van der Waals surface area (Å²) in [6.07, 6.45) is 0.880. The number of aliphatic hydroxyl groups excluding tert-OH is 1. The van der Waals surface area contributed by atoms with Gasteiger partial charge in [0.2, 0.25) is 0 Å². The predicted molar refractivity (Wildman–Crippen MR) is 136 cm³/mol. The SMILES string of the molecule is CCCOc1ccc(/C(O)=C2\C(=O)C(=O)N(c3cccc(C)c3)C2c2cccc(OCC)c2)cc1. The fraction of sp³-hybridized carbons (Fsp3) is 0.241. The van der Waals surface area contributed by atoms with Crippen molar-refractivity contribution in [3.05, 3.63) is 95.1 Å². The summed E-state index contributed by atoms with van der Waals surface area (Å²) in [6, 6.07) is 20.7. The first-order chi connectivity index (χ1) is 16.9. The van der Waals surface area contributed by atoms with Gasteiger partial charge in [-0.3, -0.25) is 14.5 Å². The molecular formula is C29H29NO5. The van der Waals surface area contributed by atoms with Crippen molar-refractivity contribution in [3.63, 3.8) is 0 Å². The van der Waals surface area contributed by atoms with Gasteiger partial charge in [-0.05, 0) is 79.9 Å². The number of rotatable bonds is 8. The van der Waals surface area contributed by atoms with E-state index in [1.807, 2.05) is 57.2 Å². The monoisotopic (exact) mass is 471 g/mol. The fourth-order valence-corrected chi connectivity index (χ4v) is 4.22. The second-order valence-corrected chi connectivity index (χ2v) is 8.39. The highest BCUT2D eigenvalue weighted by molar-refractivity contribution is 6.51. The summed E-state index contributed by atoms with van der Waals surface area (Å²) in [4.78, 5) is 28.1. The molecule has 6 nitrogen and oxygen atoms in total. The minimum Gasteiger partial charge on any atom is -0.507 e. The van der Waals surface area contributed by atoms with Gasteiger partial charge in [-0.1, -0.05) is 31.2 Å². The van der Waals surface area contributed by atoms with Gasteiger partial charge in [0.05, 0.1) is 24.8 Å². The van der Waals surface area contributed by atoms with E-state index < -0.39 is 17.7 Å². The first kappa shape index (κ1) is 24.1. The standard InChI is InChI=1S/C29H29NO5/c1-4-16-35-23-14-12-20(13-15-23)27(31)25-26(21-9-7-11-24(18-21)34-5-2)30(29(33)28(25)32)22-10-6-8-19(3)17-22/h6-15,17-18,26,31H,4-5,16H2,1-3H3/b27-25+. The quantitative estimate of drug-likeness (QED) is 0.255. The van der Waals surface area contributed by atoms with Crippen LogP contribution in [-0.2, 0) is 9.59 Å². The summed E-state index contributed by atoms with van der Waals surface area (Å²) >= 11 is 0. The molecule has 0 spiro atoms. The summed E-state index contributed by atoms with van der Waals surface area (Å²) in [7, 11) is 0. The third kappa shape index (κ3) is 4.92. The van der Waals surface area contributed by atoms with Crippen LogP contribution in [0.3, 0.4) is 0 Å². The van der Waals surface area contributed by atoms with Crippen molar-refractivity contribution in [1.82, 2.24) is 0 Å². The highest BCUT2D eigenvalue weighted by Gasteiger charge is 2.47. The molecule has 1 amide bonds. The lowest BCUT2D eigenvalue weighted by Crippen LogP contribution is -2.29. The number of ether oxygens (including phenoxy) is 2. The number of carbonyl (C=O) groups excluding carboxylic acids is 2. The summed E-state index contributed by atoms with van der Waals surface area (Å²) in [5, 5.41) is 11.3. The number of amides is 1. The molecule has 180 valence electrons. The second kappa shape index (κ2) is 10.5. The number of hydrogen-bond acceptors (Lipinski definition) is 5. The Morgan fingerprint density at radius 3 is 2.34 bits per heavy atom. The van der Waals surface area contributed by atoms with E-state index >= 15 is 0 Å². The van der Waals surface area contributed by atoms with Gasteiger partial charge < -0.3 is 14.6 Å². The molecule has 0 saturated carbocycles. The molecule has 1 N–H and O–H groups in total. The van der Waals surface area contributed by atoms with E-state index in [4.69, 9.17) is 9.47 Å². The fourth-order valence-electron chi connectivity index (χ4n) is 4.22. The Balaban J connectivity index is 1.86. The third-order valence-electron chi connectivity index (χ3n) is 5.81. The van der Waals surface area contributed by atoms with E-state index in [9.17, 15) is 14.7 Å². The molecule has 0 aliphatic carbocycles. The maximum absolute atomic E-state index is 13.3. The number of hydrogen-bond donors (Lipinski definition) is 1. The molecule has 1 unspecified atom stereocenters. The molecule has 1 aliphatic heterocycles. The smallest absolute Gasteiger partial charge is 0.300 e. The maximum atomic E-state index is 13.3. The molecule has 1 atom stereocenters. The van der Waals surface area contributed by atoms with E-state index in [1.165, 1.54) is 4.90 Å². The van der Waals surface area contributed by atoms with Crippen molar-refractivity contribution < 1.29 is 24.2 Å². The van der Waals surface area contributed by atoms with Crippen molar-refractivity contribution in [2.24, 2.45) is 0 Å². The predicted octanol–water partition coefficient (Wildman–Crippen LogP) is 5.81. The number of aliphatic hydroxyl groups is 1. The highest BCUT2D eigenvalue weighted by Crippen LogP contribution is 2.43. The molecule has 0 aromatic heterocycles. The molecule has 0 bridgehead atoms. The Labute approximate surface area is 205 Å². The normalized spacial score (nSPS) is 17.0. The lowest BCUT2D eigenvalue weighted by atomic mass is 9.95. The van der Waals surface area contributed by atoms with Gasteiger partial charge in [0.25, 0.3) is 11.7 Å². The number of aryl methyl sites for hydroxylation is 1. The lowest BCUT2D eigenvalue weighted by Gasteiger charge is -2.26. The van der Waals surface area contributed by atoms with Crippen LogP contribution in [0, 0.1) is 6.92 Å². The van der Waals surface area contributed by atoms with Crippen molar-refractivity contribution in [1.29, 1.82) is 0 Å². The molecule has 1 heterocycles. The van der Waals surface area contributed by atoms with E-state index in [2.05, 4.69) is 0 Å². The second-order valence-electron chi connectivity index (χ2n) is 8.39. The Hall–Kier alpha value is -4.06. The first-order valence-electron chi connectivity index (χ1n) is 11.8. The van der Waals surface area contributed by atoms with Gasteiger partial charge in [0, 0.05) is 11.3 Å². The zero-order valence-electron chi connectivity index (χ0n) is 20.2. The van der Waals surface area contributed by atoms with Gasteiger partial charge in [0.15, 0.2) is 0 Å². The Bertz CT molecular complexity index is 1260. The van der Waals surface area contributed by atoms with E-state index in [0.29, 0.717) is 41.5 Å². The number of nitrogens with zero attached hydrogens (tertiary/aromatic N) is 1. The summed E-state index contributed by atoms with van der Waals surface area (Å²) in [5.74, 6) is -0.358. The molecule has 1 aliphatic rings. The Morgan fingerprint density at radius 1 is 0.914 bits per heavy atom. The number of carbonyl (C=O) groups is 2. The number of benzene rings is 3. The maximum Gasteiger partial charge on any atom is 0.300 e. The van der Waals surface area contributed by atoms with Crippen LogP contribution < -0.4 is 14.4 Å². The van der Waals surface area contributed by atoms with Crippen molar-refractivity contribution in [2.45, 2.75) is 33.2 Å². The zero-order chi connectivity index (χ0) is 24.9. The van der Waals surface area contributed by atoms with E-state index in [0.717, 1.165) is 12.0 Å². The minimum absolute atomic E-state index is 0.0346. The van der Waals surface area contributed by atoms with Gasteiger partial charge in [-0.25, -0.2) is 0 Å². The third-order valence-corrected chi connectivity index (χ3v) is 5.81. The average Bonchev–Trinajstić information content (AvgIpc) is 3.13. The molecule has 1 fully saturated rings. The molecule has 3 aromatic rings. The van der Waals surface area contributed by atoms with Crippen molar-refractivity contribution >= 4 is 23.1 Å². The summed E-state index contributed by atoms with van der Waals surface area (Å²) in [6.45, 7) is 6.90. The van der Waals surface area contributed by atoms with Gasteiger partial charge in [0.1, 0.15) is 17.3 Å². The van der Waals surface area contributed by atoms with Gasteiger partial charge >= 0.3 is 0 Å². The molecule has 4 rings (SSSR count). The van der Waals surface area contributed by atoms with E-state index in [1.54, 1.807) is 36.4 Å². The number of ketones is 1. The number of Topliss-reactive ketones (excluding diaryl/α,β-unsaturated/α-hetero) is 1. The van der Waals surface area contributed by atoms with Crippen LogP contribution in [0.4, 0.5) is 5.69 Å². The molecule has 3 aromatic carbocycles. The van der Waals surface area contributed by atoms with Crippen LogP contribution in [-0.4, -0.2) is 30.0 Å². The zero-order valence-corrected chi connectivity index (χ0v) is 20.2. The summed E-state index contributed by atoms with van der Waals surface area (Å²) in [5.41, 5.74) is 2.67. The summed E-state index contributed by atoms with van der Waals surface area (Å²) < 4.78 is 11.3. The van der Waals surface area contributed by atoms with Gasteiger partial charge in [-0.2, -0.15) is 0 Å². The minimum atomic E-state index is -0.812. The van der Waals surface area contributed by atoms with Crippen LogP contribution >= 0.6 is 0 Å². The highest BCUT2D eigenvalue weighted by atomic mass is 16.5. The van der Waals surface area contributed by atoms with Crippen molar-refractivity contribution in [2.75, 3.05) is 18.1 Å². The Morgan fingerprint density at radius 2 is 1.66 bits per heavy atom. The average molecular weight is 472 g/mol. The van der Waals surface area contributed by atoms with E-state index in [-0.39, 0.29) is 11.3 Å². The van der Waals surface area contributed by atoms with Crippen LogP contribution in [0.2, 0.25) is 0 Å². The molecular weight excluding hydrogens is 442 g/mol. The molecule has 0 radical (unpaired) electrons. The topological polar surface area (TPSA) is 76.1 Å². The Kier molecular flexibility index (Phi) is 7.20. The van der Waals surface area contributed by atoms with Crippen LogP contribution in [0.1, 0.15) is 43.0 Å². The van der Waals surface area contributed by atoms with Gasteiger partial charge in [-0.15, -0.1) is 0 Å².